The maximum absolute atomic E-state index is 9.25. The molecule has 0 unspecified atom stereocenters. The van der Waals surface area contributed by atoms with Crippen molar-refractivity contribution in [1.82, 2.24) is 0 Å². The van der Waals surface area contributed by atoms with Gasteiger partial charge in [-0.15, -0.1) is 29.6 Å². The highest BCUT2D eigenvalue weighted by molar-refractivity contribution is 5.79. The van der Waals surface area contributed by atoms with Crippen LogP contribution in [0.1, 0.15) is 240 Å². The molecule has 16 rings (SSSR count). The van der Waals surface area contributed by atoms with E-state index in [1.165, 1.54) is 12.0 Å². The summed E-state index contributed by atoms with van der Waals surface area (Å²) in [5, 5.41) is 0. The summed E-state index contributed by atoms with van der Waals surface area (Å²) in [6.07, 6.45) is 13.6. The lowest BCUT2D eigenvalue weighted by molar-refractivity contribution is 0.444. The van der Waals surface area contributed by atoms with Crippen LogP contribution in [0.25, 0.3) is 91.0 Å². The maximum Gasteiger partial charge on any atom is 0.311 e. The van der Waals surface area contributed by atoms with Crippen molar-refractivity contribution >= 4 is 0 Å². The van der Waals surface area contributed by atoms with E-state index in [1.807, 2.05) is 169 Å². The molecule has 0 amide bonds. The lowest BCUT2D eigenvalue weighted by atomic mass is 9.82. The van der Waals surface area contributed by atoms with E-state index in [0.717, 1.165) is 238 Å². The number of nitrogens with zero attached hydrogens (tertiary/aromatic N) is 5. The van der Waals surface area contributed by atoms with E-state index in [2.05, 4.69) is 301 Å². The number of hydrogen-bond acceptors (Lipinski definition) is 0. The second-order valence-electron chi connectivity index (χ2n) is 31.4. The quantitative estimate of drug-likeness (QED) is 0.129. The largest absolute Gasteiger partial charge is 0.311 e. The molecule has 129 heavy (non-hydrogen) atoms. The van der Waals surface area contributed by atoms with Gasteiger partial charge in [0, 0.05) is 54.2 Å². The van der Waals surface area contributed by atoms with Crippen LogP contribution in [0.5, 0.6) is 0 Å². The van der Waals surface area contributed by atoms with Crippen LogP contribution in [0.3, 0.4) is 0 Å². The molecule has 13 aromatic rings. The van der Waals surface area contributed by atoms with Crippen molar-refractivity contribution in [2.75, 3.05) is 35.2 Å². The van der Waals surface area contributed by atoms with Gasteiger partial charge < -0.3 is 0 Å². The Hall–Kier alpha value is -15.8. The molecule has 3 aliphatic carbocycles. The lowest BCUT2D eigenvalue weighted by Gasteiger charge is -2.23. The second-order valence-corrected chi connectivity index (χ2v) is 31.4. The van der Waals surface area contributed by atoms with E-state index < -0.39 is 17.7 Å². The average Bonchev–Trinajstić information content (AvgIpc) is 1.80. The molecule has 0 radical (unpaired) electrons. The third kappa shape index (κ3) is 27.1. The molecule has 0 atom stereocenters. The molecule has 0 N–H and O–H groups in total. The molecule has 626 valence electrons. The number of rotatable bonds is 9. The molecule has 0 aliphatic heterocycles. The van der Waals surface area contributed by atoms with E-state index >= 15 is 0 Å². The van der Waals surface area contributed by atoms with Crippen LogP contribution in [0, 0.1) is 120 Å². The molecule has 3 saturated carbocycles. The minimum Gasteiger partial charge on any atom is -0.101 e. The Bertz CT molecular complexity index is 6900. The molecule has 0 bridgehead atoms. The van der Waals surface area contributed by atoms with Crippen molar-refractivity contribution < 1.29 is 4.11 Å². The first-order chi connectivity index (χ1) is 64.4. The maximum atomic E-state index is 9.25. The van der Waals surface area contributed by atoms with Gasteiger partial charge in [0.15, 0.2) is 0 Å². The minimum absolute atomic E-state index is 0.485. The summed E-state index contributed by atoms with van der Waals surface area (Å²) in [5.41, 5.74) is 31.5. The number of aryl methyl sites for hydroxylation is 1. The van der Waals surface area contributed by atoms with E-state index in [1.54, 1.807) is 35.2 Å². The summed E-state index contributed by atoms with van der Waals surface area (Å²) in [4.78, 5) is 20.0. The number of hydrogen-bond donors (Lipinski definition) is 0. The summed E-state index contributed by atoms with van der Waals surface area (Å²) in [5.74, 6) is 41.7. The van der Waals surface area contributed by atoms with Crippen LogP contribution in [0.15, 0.2) is 291 Å². The SMILES string of the molecule is CC#Cc1ccccc1C#Cc1ccc(C)cc1C#[N+]C.CC#Cc1ccccc1C#Cc1ccccc1C#[N+]C.[2H]C1(c2cc(-c3cccc(C#CC)c3)cc(-c3cccc(C#[N+]C)c3)c2)CCCCC1.[2H]C1(c2cc(C#CC)cc(-c3cccc(-c4cccc(C#[N+]C)c4)c3)c2)CCCC1.[2H]C1(c2cc(C#[N+]C)cc(-c3cccc(-c4cccc(C#CC)c4)c3)c2)CCCC1. The molecule has 0 heterocycles. The molecular formula is C124H110N5+5. The zero-order chi connectivity index (χ0) is 92.9. The highest BCUT2D eigenvalue weighted by Gasteiger charge is 2.23. The molecule has 5 nitrogen and oxygen atoms in total. The van der Waals surface area contributed by atoms with E-state index in [4.69, 9.17) is 2.74 Å². The first-order valence-electron chi connectivity index (χ1n) is 45.8. The summed E-state index contributed by atoms with van der Waals surface area (Å²) in [7, 11) is 8.64. The third-order valence-electron chi connectivity index (χ3n) is 22.2. The first kappa shape index (κ1) is 88.1. The standard InChI is InChI=1S/C29H28N.2C28H26N.C20H16N.C19H14N/c1-3-9-22-10-7-14-25(16-22)28-18-27(24-12-5-4-6-13-24)19-29(20-28)26-15-8-11-23(17-26)21-30-2;1-3-8-21-15-27(23-10-4-5-11-23)19-28(16-21)26-14-7-13-25(18-26)24-12-6-9-22(17-24)20-29-2;1-3-8-21-9-6-12-24(15-21)25-13-7-14-26(18-25)28-17-22(20-29-2)16-27(19-28)23-10-4-5-11-23;1-4-7-17-8-5-6-9-18(17)12-13-19-11-10-16(2)14-20(19)15-21-3;1-3-8-16-9-4-5-10-17(16)13-14-18-11-6-7-12-19(18)15-20-2/h7-8,10-11,14-20,24H,4-6,12-13H2,1-2H3;2*6-7,9,12-19,23H,4-5,10-11H2,1-2H3;5-6,8-11,14H,1-3H3;4-7,9-12H,1-2H3/q5*+1/i24D;2*23D;;. The summed E-state index contributed by atoms with van der Waals surface area (Å²) >= 11 is 0. The van der Waals surface area contributed by atoms with Crippen LogP contribution in [0.2, 0.25) is 0 Å². The lowest BCUT2D eigenvalue weighted by Crippen LogP contribution is -2.05. The summed E-state index contributed by atoms with van der Waals surface area (Å²) < 4.78 is 27.2. The Kier molecular flexibility index (Phi) is 33.5. The van der Waals surface area contributed by atoms with Crippen molar-refractivity contribution in [3.63, 3.8) is 0 Å². The van der Waals surface area contributed by atoms with Gasteiger partial charge in [0.1, 0.15) is 27.8 Å². The van der Waals surface area contributed by atoms with Crippen molar-refractivity contribution in [3.05, 3.63) is 416 Å². The van der Waals surface area contributed by atoms with Crippen LogP contribution in [0.4, 0.5) is 0 Å². The zero-order valence-corrected chi connectivity index (χ0v) is 76.1. The zero-order valence-electron chi connectivity index (χ0n) is 79.1. The van der Waals surface area contributed by atoms with E-state index in [9.17, 15) is 1.37 Å². The Morgan fingerprint density at radius 2 is 0.473 bits per heavy atom. The van der Waals surface area contributed by atoms with E-state index in [0.29, 0.717) is 0 Å². The van der Waals surface area contributed by atoms with Crippen LogP contribution in [-0.2, 0) is 0 Å². The average molecular weight is 1670 g/mol. The van der Waals surface area contributed by atoms with Crippen molar-refractivity contribution in [2.24, 2.45) is 0 Å². The third-order valence-corrected chi connectivity index (χ3v) is 22.2. The Morgan fingerprint density at radius 3 is 0.876 bits per heavy atom. The molecule has 0 saturated heterocycles. The van der Waals surface area contributed by atoms with Crippen LogP contribution >= 0.6 is 0 Å². The fourth-order valence-electron chi connectivity index (χ4n) is 16.1. The summed E-state index contributed by atoms with van der Waals surface area (Å²) in [6.45, 7) is 11.3. The highest BCUT2D eigenvalue weighted by atomic mass is 14.6. The predicted octanol–water partition coefficient (Wildman–Crippen LogP) is 30.3. The van der Waals surface area contributed by atoms with Gasteiger partial charge in [0.05, 0.1) is 0 Å². The Labute approximate surface area is 772 Å². The molecule has 0 aromatic heterocycles. The highest BCUT2D eigenvalue weighted by Crippen LogP contribution is 2.42. The molecule has 0 spiro atoms. The monoisotopic (exact) mass is 1670 g/mol. The van der Waals surface area contributed by atoms with Crippen LogP contribution < -0.4 is 0 Å². The van der Waals surface area contributed by atoms with Gasteiger partial charge in [0.25, 0.3) is 35.2 Å². The van der Waals surface area contributed by atoms with Crippen LogP contribution in [-0.4, -0.2) is 35.2 Å². The second kappa shape index (κ2) is 49.1. The van der Waals surface area contributed by atoms with Gasteiger partial charge in [-0.05, 0) is 326 Å². The van der Waals surface area contributed by atoms with Gasteiger partial charge in [-0.2, -0.15) is 0 Å². The predicted molar refractivity (Wildman–Crippen MR) is 547 cm³/mol. The normalized spacial score (nSPS) is 12.9. The molecular weight excluding hydrogens is 1560 g/mol. The Morgan fingerprint density at radius 1 is 0.209 bits per heavy atom. The molecule has 5 heteroatoms. The summed E-state index contributed by atoms with van der Waals surface area (Å²) in [6, 6.07) is 115. The fraction of sp³-hybridized carbons (Fsp3) is 0.218. The van der Waals surface area contributed by atoms with Gasteiger partial charge in [-0.3, -0.25) is 0 Å². The molecule has 3 aliphatic rings. The van der Waals surface area contributed by atoms with Gasteiger partial charge in [0.2, 0.25) is 0 Å². The minimum atomic E-state index is -0.515. The topological polar surface area (TPSA) is 21.8 Å². The smallest absolute Gasteiger partial charge is 0.101 e. The van der Waals surface area contributed by atoms with Crippen molar-refractivity contribution in [1.29, 1.82) is 0 Å². The Balaban J connectivity index is 0.000000151. The van der Waals surface area contributed by atoms with Gasteiger partial charge >= 0.3 is 30.3 Å². The fourth-order valence-corrected chi connectivity index (χ4v) is 16.1. The van der Waals surface area contributed by atoms with Crippen molar-refractivity contribution in [2.45, 2.75) is 143 Å². The molecule has 13 aromatic carbocycles. The molecule has 3 fully saturated rings. The van der Waals surface area contributed by atoms with Gasteiger partial charge in [-0.25, -0.2) is 0 Å². The van der Waals surface area contributed by atoms with E-state index in [-0.39, 0.29) is 0 Å². The van der Waals surface area contributed by atoms with Gasteiger partial charge in [-0.1, -0.05) is 274 Å². The first-order valence-corrected chi connectivity index (χ1v) is 44.3. The number of benzene rings is 13. The van der Waals surface area contributed by atoms with Crippen molar-refractivity contribution in [3.8, 4) is 180 Å².